The van der Waals surface area contributed by atoms with E-state index in [9.17, 15) is 0 Å². The maximum atomic E-state index is 5.13. The second kappa shape index (κ2) is 3.49. The zero-order valence-electron chi connectivity index (χ0n) is 9.50. The molecule has 15 heavy (non-hydrogen) atoms. The highest BCUT2D eigenvalue weighted by molar-refractivity contribution is 7.20. The van der Waals surface area contributed by atoms with Crippen molar-refractivity contribution >= 4 is 21.6 Å². The van der Waals surface area contributed by atoms with Crippen LogP contribution in [0.2, 0.25) is 0 Å². The van der Waals surface area contributed by atoms with E-state index in [0.29, 0.717) is 0 Å². The number of hydrogen-bond donors (Lipinski definition) is 0. The maximum absolute atomic E-state index is 5.13. The van der Waals surface area contributed by atoms with E-state index in [-0.39, 0.29) is 5.41 Å². The maximum Gasteiger partial charge on any atom is 0.274 e. The molecule has 0 unspecified atom stereocenters. The van der Waals surface area contributed by atoms with Crippen LogP contribution < -0.4 is 4.74 Å². The SMILES string of the molecule is COc1nc2ccc(C(C)(C)C)cc2s1. The Balaban J connectivity index is 2.55. The molecule has 1 heterocycles. The minimum Gasteiger partial charge on any atom is -0.473 e. The summed E-state index contributed by atoms with van der Waals surface area (Å²) in [4.78, 5) is 4.35. The molecule has 1 aromatic heterocycles. The lowest BCUT2D eigenvalue weighted by atomic mass is 9.87. The van der Waals surface area contributed by atoms with E-state index < -0.39 is 0 Å². The van der Waals surface area contributed by atoms with E-state index in [1.54, 1.807) is 18.4 Å². The largest absolute Gasteiger partial charge is 0.473 e. The Morgan fingerprint density at radius 1 is 1.27 bits per heavy atom. The van der Waals surface area contributed by atoms with Gasteiger partial charge in [-0.3, -0.25) is 0 Å². The average molecular weight is 221 g/mol. The van der Waals surface area contributed by atoms with Crippen molar-refractivity contribution in [3.63, 3.8) is 0 Å². The third kappa shape index (κ3) is 1.97. The summed E-state index contributed by atoms with van der Waals surface area (Å²) in [5.74, 6) is 0. The van der Waals surface area contributed by atoms with Gasteiger partial charge in [0.2, 0.25) is 0 Å². The first-order valence-electron chi connectivity index (χ1n) is 4.96. The summed E-state index contributed by atoms with van der Waals surface area (Å²) in [5, 5.41) is 0.732. The van der Waals surface area contributed by atoms with E-state index in [4.69, 9.17) is 4.74 Å². The molecule has 0 bridgehead atoms. The number of hydrogen-bond acceptors (Lipinski definition) is 3. The standard InChI is InChI=1S/C12H15NOS/c1-12(2,3)8-5-6-9-10(7-8)15-11(13-9)14-4/h5-7H,1-4H3. The van der Waals surface area contributed by atoms with Crippen LogP contribution in [0.5, 0.6) is 5.19 Å². The molecular weight excluding hydrogens is 206 g/mol. The summed E-state index contributed by atoms with van der Waals surface area (Å²) in [6, 6.07) is 6.41. The van der Waals surface area contributed by atoms with Crippen LogP contribution in [-0.2, 0) is 5.41 Å². The van der Waals surface area contributed by atoms with Crippen molar-refractivity contribution < 1.29 is 4.74 Å². The molecule has 0 saturated carbocycles. The van der Waals surface area contributed by atoms with Gasteiger partial charge in [0.15, 0.2) is 0 Å². The first-order chi connectivity index (χ1) is 7.00. The molecule has 0 aliphatic carbocycles. The fraction of sp³-hybridized carbons (Fsp3) is 0.417. The lowest BCUT2D eigenvalue weighted by Gasteiger charge is -2.18. The number of nitrogens with zero attached hydrogens (tertiary/aromatic N) is 1. The van der Waals surface area contributed by atoms with Crippen LogP contribution in [0.1, 0.15) is 26.3 Å². The van der Waals surface area contributed by atoms with Gasteiger partial charge in [0.1, 0.15) is 0 Å². The zero-order valence-corrected chi connectivity index (χ0v) is 10.3. The van der Waals surface area contributed by atoms with Gasteiger partial charge < -0.3 is 4.74 Å². The highest BCUT2D eigenvalue weighted by Gasteiger charge is 2.15. The normalized spacial score (nSPS) is 12.0. The summed E-state index contributed by atoms with van der Waals surface area (Å²) in [6.45, 7) is 6.64. The molecule has 0 aliphatic heterocycles. The second-order valence-electron chi connectivity index (χ2n) is 4.62. The molecule has 0 radical (unpaired) electrons. The van der Waals surface area contributed by atoms with Crippen LogP contribution in [0.3, 0.4) is 0 Å². The predicted molar refractivity (Wildman–Crippen MR) is 64.9 cm³/mol. The molecule has 0 N–H and O–H groups in total. The Labute approximate surface area is 93.9 Å². The van der Waals surface area contributed by atoms with Gasteiger partial charge in [0, 0.05) is 0 Å². The molecule has 80 valence electrons. The van der Waals surface area contributed by atoms with Gasteiger partial charge >= 0.3 is 0 Å². The Morgan fingerprint density at radius 2 is 2.00 bits per heavy atom. The summed E-state index contributed by atoms with van der Waals surface area (Å²) in [6.07, 6.45) is 0. The van der Waals surface area contributed by atoms with Gasteiger partial charge in [-0.05, 0) is 23.1 Å². The second-order valence-corrected chi connectivity index (χ2v) is 5.61. The number of aromatic nitrogens is 1. The van der Waals surface area contributed by atoms with Crippen molar-refractivity contribution in [3.05, 3.63) is 23.8 Å². The highest BCUT2D eigenvalue weighted by atomic mass is 32.1. The van der Waals surface area contributed by atoms with E-state index in [1.165, 1.54) is 10.3 Å². The van der Waals surface area contributed by atoms with Crippen LogP contribution in [-0.4, -0.2) is 12.1 Å². The van der Waals surface area contributed by atoms with Crippen LogP contribution >= 0.6 is 11.3 Å². The molecule has 1 aromatic carbocycles. The summed E-state index contributed by atoms with van der Waals surface area (Å²) in [7, 11) is 1.66. The quantitative estimate of drug-likeness (QED) is 0.734. The number of thiazole rings is 1. The number of methoxy groups -OCH3 is 1. The number of benzene rings is 1. The van der Waals surface area contributed by atoms with Gasteiger partial charge in [-0.15, -0.1) is 0 Å². The van der Waals surface area contributed by atoms with Gasteiger partial charge in [-0.25, -0.2) is 4.98 Å². The van der Waals surface area contributed by atoms with Crippen LogP contribution in [0.15, 0.2) is 18.2 Å². The molecular formula is C12H15NOS. The van der Waals surface area contributed by atoms with E-state index in [2.05, 4.69) is 44.0 Å². The Hall–Kier alpha value is -1.09. The molecule has 2 rings (SSSR count). The first-order valence-corrected chi connectivity index (χ1v) is 5.77. The van der Waals surface area contributed by atoms with E-state index in [1.807, 2.05) is 0 Å². The minimum absolute atomic E-state index is 0.186. The number of rotatable bonds is 1. The third-order valence-electron chi connectivity index (χ3n) is 2.41. The van der Waals surface area contributed by atoms with Crippen LogP contribution in [0.25, 0.3) is 10.2 Å². The minimum atomic E-state index is 0.186. The van der Waals surface area contributed by atoms with Crippen LogP contribution in [0, 0.1) is 0 Å². The van der Waals surface area contributed by atoms with Crippen molar-refractivity contribution in [1.82, 2.24) is 4.98 Å². The van der Waals surface area contributed by atoms with Crippen molar-refractivity contribution in [2.45, 2.75) is 26.2 Å². The van der Waals surface area contributed by atoms with Crippen LogP contribution in [0.4, 0.5) is 0 Å². The molecule has 0 amide bonds. The molecule has 2 aromatic rings. The molecule has 0 saturated heterocycles. The zero-order chi connectivity index (χ0) is 11.1. The summed E-state index contributed by atoms with van der Waals surface area (Å²) < 4.78 is 6.33. The highest BCUT2D eigenvalue weighted by Crippen LogP contribution is 2.31. The van der Waals surface area contributed by atoms with E-state index in [0.717, 1.165) is 10.7 Å². The smallest absolute Gasteiger partial charge is 0.274 e. The Bertz CT molecular complexity index is 482. The molecule has 3 heteroatoms. The van der Waals surface area contributed by atoms with Crippen molar-refractivity contribution in [1.29, 1.82) is 0 Å². The lowest BCUT2D eigenvalue weighted by molar-refractivity contribution is 0.413. The fourth-order valence-electron chi connectivity index (χ4n) is 1.46. The van der Waals surface area contributed by atoms with E-state index >= 15 is 0 Å². The summed E-state index contributed by atoms with van der Waals surface area (Å²) >= 11 is 1.59. The fourth-order valence-corrected chi connectivity index (χ4v) is 2.28. The average Bonchev–Trinajstić information content (AvgIpc) is 2.57. The number of fused-ring (bicyclic) bond motifs is 1. The van der Waals surface area contributed by atoms with Crippen molar-refractivity contribution in [2.75, 3.05) is 7.11 Å². The predicted octanol–water partition coefficient (Wildman–Crippen LogP) is 3.60. The molecule has 0 fully saturated rings. The van der Waals surface area contributed by atoms with Crippen molar-refractivity contribution in [3.8, 4) is 5.19 Å². The van der Waals surface area contributed by atoms with Gasteiger partial charge in [-0.2, -0.15) is 0 Å². The summed E-state index contributed by atoms with van der Waals surface area (Å²) in [5.41, 5.74) is 2.54. The molecule has 0 spiro atoms. The molecule has 2 nitrogen and oxygen atoms in total. The van der Waals surface area contributed by atoms with Gasteiger partial charge in [0.05, 0.1) is 17.3 Å². The number of ether oxygens (including phenoxy) is 1. The van der Waals surface area contributed by atoms with Gasteiger partial charge in [0.25, 0.3) is 5.19 Å². The topological polar surface area (TPSA) is 22.1 Å². The Morgan fingerprint density at radius 3 is 2.60 bits per heavy atom. The van der Waals surface area contributed by atoms with Crippen molar-refractivity contribution in [2.24, 2.45) is 0 Å². The Kier molecular flexibility index (Phi) is 2.43. The lowest BCUT2D eigenvalue weighted by Crippen LogP contribution is -2.10. The molecule has 0 atom stereocenters. The molecule has 0 aliphatic rings. The first kappa shape index (κ1) is 10.4. The monoisotopic (exact) mass is 221 g/mol. The van der Waals surface area contributed by atoms with Gasteiger partial charge in [-0.1, -0.05) is 38.2 Å². The third-order valence-corrected chi connectivity index (χ3v) is 3.39.